The van der Waals surface area contributed by atoms with Crippen molar-refractivity contribution in [2.24, 2.45) is 0 Å². The third kappa shape index (κ3) is 0.952. The lowest BCUT2D eigenvalue weighted by molar-refractivity contribution is 0.418. The quantitative estimate of drug-likeness (QED) is 0.646. The second kappa shape index (κ2) is 2.47. The Morgan fingerprint density at radius 1 is 1.45 bits per heavy atom. The third-order valence-corrected chi connectivity index (χ3v) is 2.15. The van der Waals surface area contributed by atoms with Crippen LogP contribution in [0.2, 0.25) is 0 Å². The standard InChI is InChI=1S/C7H6N2OS/c1-10-5-2-3-8-7-6(5)9-4-11-7/h2-4H,1H3. The van der Waals surface area contributed by atoms with Crippen LogP contribution in [0.4, 0.5) is 0 Å². The molecule has 0 atom stereocenters. The number of pyridine rings is 1. The number of fused-ring (bicyclic) bond motifs is 1. The molecule has 0 spiro atoms. The molecule has 11 heavy (non-hydrogen) atoms. The van der Waals surface area contributed by atoms with Gasteiger partial charge < -0.3 is 4.74 Å². The normalized spacial score (nSPS) is 10.3. The topological polar surface area (TPSA) is 35.0 Å². The van der Waals surface area contributed by atoms with Crippen molar-refractivity contribution in [1.29, 1.82) is 0 Å². The second-order valence-corrected chi connectivity index (χ2v) is 2.85. The van der Waals surface area contributed by atoms with Gasteiger partial charge in [-0.05, 0) is 0 Å². The first-order chi connectivity index (χ1) is 5.42. The predicted molar refractivity (Wildman–Crippen MR) is 44.0 cm³/mol. The highest BCUT2D eigenvalue weighted by molar-refractivity contribution is 7.16. The van der Waals surface area contributed by atoms with E-state index in [1.54, 1.807) is 18.8 Å². The Morgan fingerprint density at radius 2 is 2.36 bits per heavy atom. The molecule has 4 heteroatoms. The molecular weight excluding hydrogens is 160 g/mol. The Balaban J connectivity index is 2.79. The number of nitrogens with zero attached hydrogens (tertiary/aromatic N) is 2. The van der Waals surface area contributed by atoms with Gasteiger partial charge in [0, 0.05) is 12.3 Å². The Bertz CT molecular complexity index is 371. The van der Waals surface area contributed by atoms with Crippen LogP contribution in [0.15, 0.2) is 17.8 Å². The van der Waals surface area contributed by atoms with E-state index in [-0.39, 0.29) is 0 Å². The molecule has 0 aromatic carbocycles. The van der Waals surface area contributed by atoms with Crippen LogP contribution in [-0.2, 0) is 0 Å². The fourth-order valence-corrected chi connectivity index (χ4v) is 1.56. The van der Waals surface area contributed by atoms with Crippen LogP contribution in [0.1, 0.15) is 0 Å². The Morgan fingerprint density at radius 3 is 3.18 bits per heavy atom. The van der Waals surface area contributed by atoms with Gasteiger partial charge >= 0.3 is 0 Å². The van der Waals surface area contributed by atoms with Gasteiger partial charge in [-0.25, -0.2) is 9.97 Å². The fourth-order valence-electron chi connectivity index (χ4n) is 0.917. The molecule has 0 fully saturated rings. The number of hydrogen-bond donors (Lipinski definition) is 0. The zero-order valence-corrected chi connectivity index (χ0v) is 6.76. The zero-order chi connectivity index (χ0) is 7.68. The summed E-state index contributed by atoms with van der Waals surface area (Å²) >= 11 is 1.51. The van der Waals surface area contributed by atoms with E-state index in [0.717, 1.165) is 16.1 Å². The molecule has 0 aliphatic carbocycles. The monoisotopic (exact) mass is 166 g/mol. The Kier molecular flexibility index (Phi) is 1.47. The van der Waals surface area contributed by atoms with Gasteiger partial charge in [-0.3, -0.25) is 0 Å². The average molecular weight is 166 g/mol. The number of thiazole rings is 1. The summed E-state index contributed by atoms with van der Waals surface area (Å²) in [4.78, 5) is 9.17. The molecule has 2 aromatic heterocycles. The first kappa shape index (κ1) is 6.54. The number of methoxy groups -OCH3 is 1. The van der Waals surface area contributed by atoms with Crippen molar-refractivity contribution < 1.29 is 4.74 Å². The van der Waals surface area contributed by atoms with Crippen LogP contribution in [0, 0.1) is 0 Å². The molecular formula is C7H6N2OS. The van der Waals surface area contributed by atoms with E-state index in [2.05, 4.69) is 9.97 Å². The summed E-state index contributed by atoms with van der Waals surface area (Å²) in [5.41, 5.74) is 2.61. The van der Waals surface area contributed by atoms with Gasteiger partial charge in [0.2, 0.25) is 0 Å². The van der Waals surface area contributed by atoms with Crippen molar-refractivity contribution in [3.05, 3.63) is 17.8 Å². The average Bonchev–Trinajstić information content (AvgIpc) is 2.50. The van der Waals surface area contributed by atoms with Crippen LogP contribution < -0.4 is 4.74 Å². The smallest absolute Gasteiger partial charge is 0.149 e. The summed E-state index contributed by atoms with van der Waals surface area (Å²) in [5, 5.41) is 0. The summed E-state index contributed by atoms with van der Waals surface area (Å²) in [6.45, 7) is 0. The van der Waals surface area contributed by atoms with Crippen molar-refractivity contribution in [2.75, 3.05) is 7.11 Å². The van der Waals surface area contributed by atoms with Crippen molar-refractivity contribution in [3.8, 4) is 5.75 Å². The third-order valence-electron chi connectivity index (χ3n) is 1.42. The van der Waals surface area contributed by atoms with E-state index < -0.39 is 0 Å². The van der Waals surface area contributed by atoms with Gasteiger partial charge in [0.15, 0.2) is 0 Å². The van der Waals surface area contributed by atoms with E-state index in [0.29, 0.717) is 0 Å². The maximum Gasteiger partial charge on any atom is 0.149 e. The summed E-state index contributed by atoms with van der Waals surface area (Å²) < 4.78 is 5.09. The van der Waals surface area contributed by atoms with Gasteiger partial charge in [-0.15, -0.1) is 11.3 Å². The molecule has 0 amide bonds. The molecule has 3 nitrogen and oxygen atoms in total. The highest BCUT2D eigenvalue weighted by Crippen LogP contribution is 2.23. The van der Waals surface area contributed by atoms with E-state index in [1.807, 2.05) is 6.07 Å². The van der Waals surface area contributed by atoms with E-state index >= 15 is 0 Å². The molecule has 0 radical (unpaired) electrons. The van der Waals surface area contributed by atoms with E-state index in [1.165, 1.54) is 11.3 Å². The maximum absolute atomic E-state index is 5.09. The van der Waals surface area contributed by atoms with Gasteiger partial charge in [-0.1, -0.05) is 0 Å². The molecule has 0 N–H and O–H groups in total. The summed E-state index contributed by atoms with van der Waals surface area (Å²) in [6.07, 6.45) is 1.72. The number of ether oxygens (including phenoxy) is 1. The summed E-state index contributed by atoms with van der Waals surface area (Å²) in [7, 11) is 1.63. The zero-order valence-electron chi connectivity index (χ0n) is 5.94. The van der Waals surface area contributed by atoms with Gasteiger partial charge in [0.05, 0.1) is 12.6 Å². The molecule has 2 aromatic rings. The van der Waals surface area contributed by atoms with Gasteiger partial charge in [0.25, 0.3) is 0 Å². The molecule has 0 saturated heterocycles. The van der Waals surface area contributed by atoms with E-state index in [9.17, 15) is 0 Å². The molecule has 2 heterocycles. The minimum absolute atomic E-state index is 0.788. The van der Waals surface area contributed by atoms with Gasteiger partial charge in [-0.2, -0.15) is 0 Å². The Labute approximate surface area is 67.7 Å². The molecule has 0 bridgehead atoms. The fraction of sp³-hybridized carbons (Fsp3) is 0.143. The lowest BCUT2D eigenvalue weighted by Crippen LogP contribution is -1.84. The van der Waals surface area contributed by atoms with Crippen LogP contribution >= 0.6 is 11.3 Å². The molecule has 56 valence electrons. The van der Waals surface area contributed by atoms with Crippen molar-refractivity contribution >= 4 is 21.7 Å². The molecule has 2 rings (SSSR count). The summed E-state index contributed by atoms with van der Waals surface area (Å²) in [5.74, 6) is 0.788. The molecule has 0 aliphatic heterocycles. The van der Waals surface area contributed by atoms with Crippen LogP contribution in [0.3, 0.4) is 0 Å². The first-order valence-electron chi connectivity index (χ1n) is 3.14. The van der Waals surface area contributed by atoms with Crippen LogP contribution in [0.25, 0.3) is 10.3 Å². The molecule has 0 aliphatic rings. The summed E-state index contributed by atoms with van der Waals surface area (Å²) in [6, 6.07) is 1.81. The molecule has 0 unspecified atom stereocenters. The number of rotatable bonds is 1. The second-order valence-electron chi connectivity index (χ2n) is 2.02. The number of aromatic nitrogens is 2. The minimum atomic E-state index is 0.788. The van der Waals surface area contributed by atoms with Crippen molar-refractivity contribution in [1.82, 2.24) is 9.97 Å². The minimum Gasteiger partial charge on any atom is -0.494 e. The van der Waals surface area contributed by atoms with Gasteiger partial charge in [0.1, 0.15) is 16.1 Å². The maximum atomic E-state index is 5.09. The first-order valence-corrected chi connectivity index (χ1v) is 4.02. The Hall–Kier alpha value is -1.16. The SMILES string of the molecule is COc1ccnc2scnc12. The largest absolute Gasteiger partial charge is 0.494 e. The lowest BCUT2D eigenvalue weighted by Gasteiger charge is -1.97. The van der Waals surface area contributed by atoms with Crippen LogP contribution in [0.5, 0.6) is 5.75 Å². The van der Waals surface area contributed by atoms with E-state index in [4.69, 9.17) is 4.74 Å². The van der Waals surface area contributed by atoms with Crippen LogP contribution in [-0.4, -0.2) is 17.1 Å². The predicted octanol–water partition coefficient (Wildman–Crippen LogP) is 1.70. The number of hydrogen-bond acceptors (Lipinski definition) is 4. The molecule has 0 saturated carbocycles. The highest BCUT2D eigenvalue weighted by Gasteiger charge is 2.02. The lowest BCUT2D eigenvalue weighted by atomic mass is 10.4. The van der Waals surface area contributed by atoms with Crippen molar-refractivity contribution in [2.45, 2.75) is 0 Å². The highest BCUT2D eigenvalue weighted by atomic mass is 32.1. The van der Waals surface area contributed by atoms with Crippen molar-refractivity contribution in [3.63, 3.8) is 0 Å².